The topological polar surface area (TPSA) is 203 Å². The molecule has 17 nitrogen and oxygen atoms in total. The average molecular weight is 639 g/mol. The molecule has 0 atom stereocenters. The number of aliphatic hydroxyl groups excluding tert-OH is 1. The van der Waals surface area contributed by atoms with Crippen molar-refractivity contribution < 1.29 is 53.4 Å². The Morgan fingerprint density at radius 2 is 1.00 bits per heavy atom. The van der Waals surface area contributed by atoms with Crippen molar-refractivity contribution in [3.63, 3.8) is 0 Å². The molecule has 258 valence electrons. The summed E-state index contributed by atoms with van der Waals surface area (Å²) >= 11 is 0. The van der Waals surface area contributed by atoms with Crippen LogP contribution < -0.4 is 10.9 Å². The molecule has 5 N–H and O–H groups in total. The lowest BCUT2D eigenvalue weighted by Gasteiger charge is -2.33. The van der Waals surface area contributed by atoms with Gasteiger partial charge >= 0.3 is 11.9 Å². The first-order valence-electron chi connectivity index (χ1n) is 14.9. The van der Waals surface area contributed by atoms with Gasteiger partial charge in [-0.25, -0.2) is 5.43 Å². The van der Waals surface area contributed by atoms with Gasteiger partial charge in [0.2, 0.25) is 0 Å². The second-order valence-corrected chi connectivity index (χ2v) is 9.59. The SMILES string of the molecule is CO.O=CCCOCCOCCOCCOCCNNCN1CCN(CC(=O)O)CCN(CC=O)CCN(CC(=O)O)CC1. The predicted molar refractivity (Wildman–Crippen MR) is 160 cm³/mol. The fraction of sp³-hybridized carbons (Fsp3) is 0.852. The molecule has 1 heterocycles. The van der Waals surface area contributed by atoms with E-state index in [-0.39, 0.29) is 19.6 Å². The van der Waals surface area contributed by atoms with Gasteiger partial charge < -0.3 is 43.9 Å². The number of carbonyl (C=O) groups is 4. The Bertz CT molecular complexity index is 694. The van der Waals surface area contributed by atoms with E-state index in [0.717, 1.165) is 19.7 Å². The fourth-order valence-corrected chi connectivity index (χ4v) is 4.00. The number of nitrogens with one attached hydrogen (secondary N) is 2. The van der Waals surface area contributed by atoms with E-state index >= 15 is 0 Å². The molecule has 0 radical (unpaired) electrons. The monoisotopic (exact) mass is 638 g/mol. The highest BCUT2D eigenvalue weighted by atomic mass is 16.6. The molecule has 0 unspecified atom stereocenters. The summed E-state index contributed by atoms with van der Waals surface area (Å²) < 4.78 is 21.6. The van der Waals surface area contributed by atoms with E-state index in [2.05, 4.69) is 15.8 Å². The highest BCUT2D eigenvalue weighted by Crippen LogP contribution is 2.00. The Balaban J connectivity index is 0.00000904. The number of aldehydes is 2. The van der Waals surface area contributed by atoms with Crippen molar-refractivity contribution >= 4 is 24.5 Å². The molecule has 0 saturated carbocycles. The molecule has 0 aromatic carbocycles. The minimum absolute atomic E-state index is 0.0912. The van der Waals surface area contributed by atoms with Gasteiger partial charge in [-0.1, -0.05) is 0 Å². The van der Waals surface area contributed by atoms with E-state index in [0.29, 0.717) is 125 Å². The van der Waals surface area contributed by atoms with Crippen LogP contribution in [0.15, 0.2) is 0 Å². The van der Waals surface area contributed by atoms with Crippen LogP contribution in [0.3, 0.4) is 0 Å². The minimum atomic E-state index is -0.907. The summed E-state index contributed by atoms with van der Waals surface area (Å²) in [4.78, 5) is 51.8. The fourth-order valence-electron chi connectivity index (χ4n) is 4.00. The van der Waals surface area contributed by atoms with Crippen molar-refractivity contribution in [3.8, 4) is 0 Å². The normalized spacial score (nSPS) is 16.3. The smallest absolute Gasteiger partial charge is 0.317 e. The Kier molecular flexibility index (Phi) is 29.3. The van der Waals surface area contributed by atoms with E-state index in [1.54, 1.807) is 0 Å². The van der Waals surface area contributed by atoms with Crippen LogP contribution in [0.4, 0.5) is 0 Å². The molecule has 0 aromatic heterocycles. The molecule has 1 saturated heterocycles. The van der Waals surface area contributed by atoms with Crippen molar-refractivity contribution in [2.24, 2.45) is 0 Å². The summed E-state index contributed by atoms with van der Waals surface area (Å²) in [7, 11) is 1.00. The van der Waals surface area contributed by atoms with Crippen LogP contribution >= 0.6 is 0 Å². The standard InChI is InChI=1S/C26H50N6O10.CH4O/c33-12-1-14-39-16-18-41-20-21-42-19-17-40-15-2-27-28-24-32-9-7-30(22-25(35)36)5-3-29(11-13-34)4-6-31(8-10-32)23-26(37)38;1-2/h12-13,27-28H,1-11,14-24H2,(H,35,36)(H,37,38);2H,1H3. The van der Waals surface area contributed by atoms with Gasteiger partial charge in [-0.3, -0.25) is 34.6 Å². The summed E-state index contributed by atoms with van der Waals surface area (Å²) in [5.41, 5.74) is 6.26. The maximum atomic E-state index is 11.4. The van der Waals surface area contributed by atoms with Crippen LogP contribution in [0.2, 0.25) is 0 Å². The van der Waals surface area contributed by atoms with Crippen LogP contribution in [-0.4, -0.2) is 205 Å². The number of carboxylic acids is 2. The molecule has 1 aliphatic rings. The van der Waals surface area contributed by atoms with E-state index < -0.39 is 11.9 Å². The molecule has 17 heteroatoms. The molecular weight excluding hydrogens is 584 g/mol. The number of hydrogen-bond donors (Lipinski definition) is 5. The van der Waals surface area contributed by atoms with Crippen LogP contribution in [0.5, 0.6) is 0 Å². The Labute approximate surface area is 260 Å². The molecule has 0 bridgehead atoms. The van der Waals surface area contributed by atoms with Gasteiger partial charge in [0.15, 0.2) is 0 Å². The molecule has 1 rings (SSSR count). The Morgan fingerprint density at radius 1 is 0.591 bits per heavy atom. The van der Waals surface area contributed by atoms with Gasteiger partial charge in [0.25, 0.3) is 0 Å². The molecule has 0 aliphatic carbocycles. The molecule has 0 spiro atoms. The van der Waals surface area contributed by atoms with Gasteiger partial charge in [-0.2, -0.15) is 0 Å². The summed E-state index contributed by atoms with van der Waals surface area (Å²) in [6.07, 6.45) is 2.02. The number of aliphatic hydroxyl groups is 1. The van der Waals surface area contributed by atoms with Crippen molar-refractivity contribution in [2.45, 2.75) is 6.42 Å². The first-order valence-corrected chi connectivity index (χ1v) is 14.9. The number of hydrazine groups is 1. The number of ether oxygens (including phenoxy) is 4. The van der Waals surface area contributed by atoms with E-state index in [1.165, 1.54) is 0 Å². The predicted octanol–water partition coefficient (Wildman–Crippen LogP) is -3.11. The first kappa shape index (κ1) is 41.8. The third-order valence-corrected chi connectivity index (χ3v) is 6.28. The van der Waals surface area contributed by atoms with Crippen molar-refractivity contribution in [1.29, 1.82) is 0 Å². The van der Waals surface area contributed by atoms with Gasteiger partial charge in [-0.15, -0.1) is 0 Å². The molecule has 44 heavy (non-hydrogen) atoms. The third kappa shape index (κ3) is 26.3. The summed E-state index contributed by atoms with van der Waals surface area (Å²) in [5, 5.41) is 25.7. The summed E-state index contributed by atoms with van der Waals surface area (Å²) in [6.45, 7) is 8.90. The van der Waals surface area contributed by atoms with E-state index in [1.807, 2.05) is 14.7 Å². The second kappa shape index (κ2) is 30.8. The summed E-state index contributed by atoms with van der Waals surface area (Å²) in [5.74, 6) is -1.81. The minimum Gasteiger partial charge on any atom is -0.480 e. The van der Waals surface area contributed by atoms with Crippen molar-refractivity contribution in [2.75, 3.05) is 145 Å². The average Bonchev–Trinajstić information content (AvgIpc) is 3.00. The molecule has 0 amide bonds. The number of hydrogen-bond acceptors (Lipinski definition) is 15. The molecule has 1 aliphatic heterocycles. The van der Waals surface area contributed by atoms with Crippen molar-refractivity contribution in [1.82, 2.24) is 30.5 Å². The number of rotatable bonds is 24. The highest BCUT2D eigenvalue weighted by molar-refractivity contribution is 5.69. The lowest BCUT2D eigenvalue weighted by molar-refractivity contribution is -0.139. The van der Waals surface area contributed by atoms with Crippen LogP contribution in [-0.2, 0) is 38.1 Å². The van der Waals surface area contributed by atoms with Crippen LogP contribution in [0.25, 0.3) is 0 Å². The highest BCUT2D eigenvalue weighted by Gasteiger charge is 2.18. The van der Waals surface area contributed by atoms with E-state index in [9.17, 15) is 29.4 Å². The van der Waals surface area contributed by atoms with Crippen molar-refractivity contribution in [3.05, 3.63) is 0 Å². The second-order valence-electron chi connectivity index (χ2n) is 9.59. The molecule has 0 aromatic rings. The van der Waals surface area contributed by atoms with Gasteiger partial charge in [0, 0.05) is 72.4 Å². The number of carboxylic acid groups (broad SMARTS) is 2. The number of aliphatic carboxylic acids is 2. The third-order valence-electron chi connectivity index (χ3n) is 6.28. The lowest BCUT2D eigenvalue weighted by atomic mass is 10.3. The van der Waals surface area contributed by atoms with E-state index in [4.69, 9.17) is 24.1 Å². The van der Waals surface area contributed by atoms with Crippen LogP contribution in [0, 0.1) is 0 Å². The zero-order valence-corrected chi connectivity index (χ0v) is 26.1. The molecule has 1 fully saturated rings. The zero-order valence-electron chi connectivity index (χ0n) is 26.1. The lowest BCUT2D eigenvalue weighted by Crippen LogP contribution is -2.50. The zero-order chi connectivity index (χ0) is 32.7. The molecular formula is C27H54N6O11. The van der Waals surface area contributed by atoms with Gasteiger partial charge in [0.1, 0.15) is 12.6 Å². The summed E-state index contributed by atoms with van der Waals surface area (Å²) in [6, 6.07) is 0. The van der Waals surface area contributed by atoms with Gasteiger partial charge in [0.05, 0.1) is 79.2 Å². The Morgan fingerprint density at radius 3 is 1.43 bits per heavy atom. The number of carbonyl (C=O) groups excluding carboxylic acids is 2. The quantitative estimate of drug-likeness (QED) is 0.0403. The maximum Gasteiger partial charge on any atom is 0.317 e. The largest absolute Gasteiger partial charge is 0.480 e. The van der Waals surface area contributed by atoms with Crippen LogP contribution in [0.1, 0.15) is 6.42 Å². The number of nitrogens with zero attached hydrogens (tertiary/aromatic N) is 4. The maximum absolute atomic E-state index is 11.4. The Hall–Kier alpha value is -2.16. The van der Waals surface area contributed by atoms with Gasteiger partial charge in [-0.05, 0) is 0 Å². The first-order chi connectivity index (χ1) is 21.4.